The molecule has 1 aliphatic rings. The molecule has 40 heavy (non-hydrogen) atoms. The number of nitrogens with two attached hydrogens (primary N) is 1. The lowest BCUT2D eigenvalue weighted by molar-refractivity contribution is -0.166. The van der Waals surface area contributed by atoms with Crippen LogP contribution in [0.5, 0.6) is 5.75 Å². The number of aromatic nitrogens is 2. The number of carbonyl (C=O) groups is 2. The number of carbonyl (C=O) groups excluding carboxylic acids is 2. The topological polar surface area (TPSA) is 121 Å². The Morgan fingerprint density at radius 2 is 1.93 bits per heavy atom. The SMILES string of the molecule is CCC(C)C(C)(C)OC(=O)[C@@H]1CCCN1C(=O)c1nc(-c2ccc(OC)c3nc(C(F)(F)F)ccc23)oc1CN. The van der Waals surface area contributed by atoms with Crippen LogP contribution in [0.1, 0.15) is 68.9 Å². The van der Waals surface area contributed by atoms with Crippen molar-refractivity contribution in [2.75, 3.05) is 13.7 Å². The summed E-state index contributed by atoms with van der Waals surface area (Å²) >= 11 is 0. The van der Waals surface area contributed by atoms with Crippen molar-refractivity contribution in [2.45, 2.75) is 71.3 Å². The minimum atomic E-state index is -4.65. The third kappa shape index (κ3) is 5.49. The fourth-order valence-electron chi connectivity index (χ4n) is 4.78. The van der Waals surface area contributed by atoms with Gasteiger partial charge in [0.1, 0.15) is 28.6 Å². The normalized spacial score (nSPS) is 16.8. The number of ether oxygens (including phenoxy) is 2. The lowest BCUT2D eigenvalue weighted by Crippen LogP contribution is -2.46. The van der Waals surface area contributed by atoms with Crippen LogP contribution >= 0.6 is 0 Å². The molecule has 0 bridgehead atoms. The van der Waals surface area contributed by atoms with Crippen LogP contribution in [0.4, 0.5) is 13.2 Å². The Morgan fingerprint density at radius 1 is 1.20 bits per heavy atom. The summed E-state index contributed by atoms with van der Waals surface area (Å²) in [7, 11) is 1.33. The van der Waals surface area contributed by atoms with Crippen LogP contribution < -0.4 is 10.5 Å². The molecule has 4 rings (SSSR count). The molecule has 2 N–H and O–H groups in total. The Balaban J connectivity index is 1.69. The second-order valence-electron chi connectivity index (χ2n) is 10.4. The van der Waals surface area contributed by atoms with Crippen LogP contribution in [0.2, 0.25) is 0 Å². The molecule has 0 aliphatic carbocycles. The van der Waals surface area contributed by atoms with Crippen molar-refractivity contribution < 1.29 is 36.7 Å². The van der Waals surface area contributed by atoms with Gasteiger partial charge in [-0.05, 0) is 63.3 Å². The molecule has 3 aromatic rings. The van der Waals surface area contributed by atoms with Crippen molar-refractivity contribution in [1.29, 1.82) is 0 Å². The highest BCUT2D eigenvalue weighted by atomic mass is 19.4. The van der Waals surface area contributed by atoms with E-state index in [-0.39, 0.29) is 46.5 Å². The van der Waals surface area contributed by atoms with Crippen LogP contribution in [0.25, 0.3) is 22.4 Å². The number of esters is 1. The number of amides is 1. The summed E-state index contributed by atoms with van der Waals surface area (Å²) in [6.45, 7) is 7.87. The molecule has 1 aliphatic heterocycles. The first kappa shape index (κ1) is 29.3. The van der Waals surface area contributed by atoms with E-state index in [4.69, 9.17) is 19.6 Å². The molecule has 0 spiro atoms. The van der Waals surface area contributed by atoms with Gasteiger partial charge in [-0.25, -0.2) is 14.8 Å². The van der Waals surface area contributed by atoms with Gasteiger partial charge in [0.05, 0.1) is 13.7 Å². The van der Waals surface area contributed by atoms with Crippen molar-refractivity contribution in [3.05, 3.63) is 41.4 Å². The van der Waals surface area contributed by atoms with Gasteiger partial charge in [-0.1, -0.05) is 13.8 Å². The van der Waals surface area contributed by atoms with Gasteiger partial charge in [-0.2, -0.15) is 13.2 Å². The maximum absolute atomic E-state index is 13.6. The number of pyridine rings is 1. The lowest BCUT2D eigenvalue weighted by atomic mass is 9.90. The number of hydrogen-bond donors (Lipinski definition) is 1. The van der Waals surface area contributed by atoms with Gasteiger partial charge in [0.15, 0.2) is 11.5 Å². The molecule has 0 saturated carbocycles. The first-order valence-corrected chi connectivity index (χ1v) is 13.1. The van der Waals surface area contributed by atoms with E-state index in [1.807, 2.05) is 27.7 Å². The Labute approximate surface area is 229 Å². The van der Waals surface area contributed by atoms with Crippen molar-refractivity contribution in [3.63, 3.8) is 0 Å². The predicted molar refractivity (Wildman–Crippen MR) is 140 cm³/mol. The Kier molecular flexibility index (Phi) is 8.11. The highest BCUT2D eigenvalue weighted by Gasteiger charge is 2.41. The van der Waals surface area contributed by atoms with E-state index < -0.39 is 35.4 Å². The number of benzene rings is 1. The van der Waals surface area contributed by atoms with E-state index >= 15 is 0 Å². The zero-order valence-electron chi connectivity index (χ0n) is 23.1. The van der Waals surface area contributed by atoms with Crippen molar-refractivity contribution in [2.24, 2.45) is 11.7 Å². The van der Waals surface area contributed by atoms with Crippen LogP contribution in [-0.4, -0.2) is 52.0 Å². The van der Waals surface area contributed by atoms with Gasteiger partial charge in [0, 0.05) is 17.5 Å². The highest BCUT2D eigenvalue weighted by molar-refractivity contribution is 5.99. The fraction of sp³-hybridized carbons (Fsp3) is 0.500. The molecule has 9 nitrogen and oxygen atoms in total. The number of fused-ring (bicyclic) bond motifs is 1. The average Bonchev–Trinajstić information content (AvgIpc) is 3.58. The summed E-state index contributed by atoms with van der Waals surface area (Å²) in [5.74, 6) is -0.708. The second-order valence-corrected chi connectivity index (χ2v) is 10.4. The minimum Gasteiger partial charge on any atom is -0.494 e. The van der Waals surface area contributed by atoms with Crippen LogP contribution in [0.15, 0.2) is 28.7 Å². The molecule has 1 aromatic carbocycles. The number of hydrogen-bond acceptors (Lipinski definition) is 8. The summed E-state index contributed by atoms with van der Waals surface area (Å²) < 4.78 is 56.9. The minimum absolute atomic E-state index is 0.0192. The molecule has 1 amide bonds. The number of nitrogens with zero attached hydrogens (tertiary/aromatic N) is 3. The molecule has 3 heterocycles. The molecule has 2 atom stereocenters. The number of rotatable bonds is 8. The Bertz CT molecular complexity index is 1420. The fourth-order valence-corrected chi connectivity index (χ4v) is 4.78. The zero-order chi connectivity index (χ0) is 29.4. The van der Waals surface area contributed by atoms with Crippen LogP contribution in [0, 0.1) is 5.92 Å². The van der Waals surface area contributed by atoms with E-state index in [0.717, 1.165) is 12.5 Å². The van der Waals surface area contributed by atoms with Gasteiger partial charge in [-0.15, -0.1) is 0 Å². The maximum atomic E-state index is 13.6. The van der Waals surface area contributed by atoms with E-state index in [1.165, 1.54) is 24.1 Å². The highest BCUT2D eigenvalue weighted by Crippen LogP contribution is 2.37. The number of halogens is 3. The molecule has 1 fully saturated rings. The second kappa shape index (κ2) is 11.1. The van der Waals surface area contributed by atoms with Crippen molar-refractivity contribution in [3.8, 4) is 17.2 Å². The van der Waals surface area contributed by atoms with E-state index in [2.05, 4.69) is 9.97 Å². The molecule has 1 unspecified atom stereocenters. The largest absolute Gasteiger partial charge is 0.494 e. The third-order valence-electron chi connectivity index (χ3n) is 7.59. The summed E-state index contributed by atoms with van der Waals surface area (Å²) in [6.07, 6.45) is -2.78. The standard InChI is InChI=1S/C28H33F3N4O5/c1-6-15(2)27(3,4)40-26(37)18-8-7-13-35(18)25(36)23-20(14-32)39-24(34-23)17-9-11-19(38-5)22-16(17)10-12-21(33-22)28(29,30)31/h9-12,15,18H,6-8,13-14,32H2,1-5H3/t15?,18-/m0/s1. The third-order valence-corrected chi connectivity index (χ3v) is 7.59. The quantitative estimate of drug-likeness (QED) is 0.365. The predicted octanol–water partition coefficient (Wildman–Crippen LogP) is 5.35. The summed E-state index contributed by atoms with van der Waals surface area (Å²) in [6, 6.07) is 4.33. The van der Waals surface area contributed by atoms with Gasteiger partial charge >= 0.3 is 12.1 Å². The molecule has 216 valence electrons. The van der Waals surface area contributed by atoms with E-state index in [1.54, 1.807) is 6.07 Å². The van der Waals surface area contributed by atoms with Crippen LogP contribution in [-0.2, 0) is 22.3 Å². The molecular formula is C28H33F3N4O5. The van der Waals surface area contributed by atoms with Gasteiger partial charge in [0.25, 0.3) is 5.91 Å². The molecule has 1 saturated heterocycles. The Morgan fingerprint density at radius 3 is 2.55 bits per heavy atom. The summed E-state index contributed by atoms with van der Waals surface area (Å²) in [4.78, 5) is 36.3. The van der Waals surface area contributed by atoms with E-state index in [0.29, 0.717) is 24.9 Å². The smallest absolute Gasteiger partial charge is 0.433 e. The average molecular weight is 563 g/mol. The zero-order valence-corrected chi connectivity index (χ0v) is 23.1. The lowest BCUT2D eigenvalue weighted by Gasteiger charge is -2.33. The number of alkyl halides is 3. The first-order valence-electron chi connectivity index (χ1n) is 13.1. The molecule has 12 heteroatoms. The first-order chi connectivity index (χ1) is 18.8. The summed E-state index contributed by atoms with van der Waals surface area (Å²) in [5.41, 5.74) is 4.29. The van der Waals surface area contributed by atoms with Gasteiger partial charge in [0.2, 0.25) is 5.89 Å². The maximum Gasteiger partial charge on any atom is 0.433 e. The molecular weight excluding hydrogens is 529 g/mol. The Hall–Kier alpha value is -3.67. The van der Waals surface area contributed by atoms with E-state index in [9.17, 15) is 22.8 Å². The van der Waals surface area contributed by atoms with Crippen LogP contribution in [0.3, 0.4) is 0 Å². The molecule has 0 radical (unpaired) electrons. The van der Waals surface area contributed by atoms with Gasteiger partial charge < -0.3 is 24.5 Å². The number of likely N-dealkylation sites (tertiary alicyclic amines) is 1. The van der Waals surface area contributed by atoms with Gasteiger partial charge in [-0.3, -0.25) is 4.79 Å². The van der Waals surface area contributed by atoms with Crippen molar-refractivity contribution in [1.82, 2.24) is 14.9 Å². The number of oxazole rings is 1. The van der Waals surface area contributed by atoms with Crippen molar-refractivity contribution >= 4 is 22.8 Å². The molecule has 2 aromatic heterocycles. The summed E-state index contributed by atoms with van der Waals surface area (Å²) in [5, 5.41) is 0.283. The monoisotopic (exact) mass is 562 g/mol. The number of methoxy groups -OCH3 is 1.